The van der Waals surface area contributed by atoms with Crippen LogP contribution in [0.15, 0.2) is 72.8 Å². The predicted molar refractivity (Wildman–Crippen MR) is 275 cm³/mol. The van der Waals surface area contributed by atoms with Crippen molar-refractivity contribution in [1.82, 2.24) is 40.6 Å². The topological polar surface area (TPSA) is 180 Å². The number of alkyl halides is 3. The van der Waals surface area contributed by atoms with Crippen molar-refractivity contribution in [3.05, 3.63) is 129 Å². The van der Waals surface area contributed by atoms with E-state index in [1.165, 1.54) is 12.1 Å². The summed E-state index contributed by atoms with van der Waals surface area (Å²) >= 11 is 0. The van der Waals surface area contributed by atoms with Crippen molar-refractivity contribution < 1.29 is 35.7 Å². The number of aromatic nitrogens is 8. The van der Waals surface area contributed by atoms with E-state index in [0.29, 0.717) is 83.9 Å². The minimum absolute atomic E-state index is 0.0215. The summed E-state index contributed by atoms with van der Waals surface area (Å²) in [5.41, 5.74) is 10.1. The number of aryl methyl sites for hydroxylation is 1. The smallest absolute Gasteiger partial charge is 0.370 e. The lowest BCUT2D eigenvalue weighted by Gasteiger charge is -2.15. The summed E-state index contributed by atoms with van der Waals surface area (Å²) < 4.78 is 82.7. The van der Waals surface area contributed by atoms with Crippen molar-refractivity contribution in [3.8, 4) is 45.0 Å². The van der Waals surface area contributed by atoms with Gasteiger partial charge in [-0.1, -0.05) is 55.2 Å². The Labute approximate surface area is 436 Å². The van der Waals surface area contributed by atoms with Gasteiger partial charge in [0.1, 0.15) is 34.6 Å². The van der Waals surface area contributed by atoms with E-state index < -0.39 is 17.6 Å². The quantitative estimate of drug-likeness (QED) is 0.150. The minimum atomic E-state index is -4.57. The van der Waals surface area contributed by atoms with Gasteiger partial charge in [0.05, 0.1) is 62.0 Å². The van der Waals surface area contributed by atoms with Crippen LogP contribution in [0.3, 0.4) is 0 Å². The fourth-order valence-electron chi connectivity index (χ4n) is 11.3. The van der Waals surface area contributed by atoms with Crippen LogP contribution in [0.5, 0.6) is 0 Å². The predicted octanol–water partition coefficient (Wildman–Crippen LogP) is 14.5. The average molecular weight is 1040 g/mol. The first-order valence-corrected chi connectivity index (χ1v) is 26.8. The number of hydrogen-bond donors (Lipinski definition) is 2. The Balaban J connectivity index is 0.933. The van der Waals surface area contributed by atoms with Gasteiger partial charge >= 0.3 is 6.18 Å². The zero-order chi connectivity index (χ0) is 52.3. The van der Waals surface area contributed by atoms with E-state index in [1.807, 2.05) is 6.07 Å². The Morgan fingerprint density at radius 2 is 1.28 bits per heavy atom. The van der Waals surface area contributed by atoms with E-state index in [2.05, 4.69) is 85.7 Å². The monoisotopic (exact) mass is 1030 g/mol. The Morgan fingerprint density at radius 3 is 1.99 bits per heavy atom. The maximum atomic E-state index is 16.6. The number of hydrogen-bond acceptors (Lipinski definition) is 14. The first-order valence-electron chi connectivity index (χ1n) is 26.8. The van der Waals surface area contributed by atoms with Crippen molar-refractivity contribution in [2.45, 2.75) is 152 Å². The molecule has 5 aliphatic rings. The summed E-state index contributed by atoms with van der Waals surface area (Å²) in [5, 5.41) is 25.4. The molecule has 0 radical (unpaired) electrons. The van der Waals surface area contributed by atoms with Crippen molar-refractivity contribution in [3.63, 3.8) is 0 Å². The van der Waals surface area contributed by atoms with Crippen molar-refractivity contribution in [2.75, 3.05) is 23.7 Å². The van der Waals surface area contributed by atoms with E-state index in [4.69, 9.17) is 43.4 Å². The van der Waals surface area contributed by atoms with Gasteiger partial charge in [0.2, 0.25) is 0 Å². The molecule has 2 N–H and O–H groups in total. The second-order valence-electron chi connectivity index (χ2n) is 22.4. The Kier molecular flexibility index (Phi) is 11.8. The van der Waals surface area contributed by atoms with Crippen LogP contribution < -0.4 is 10.6 Å². The molecule has 0 saturated heterocycles. The van der Waals surface area contributed by atoms with Crippen LogP contribution in [0.4, 0.5) is 29.2 Å². The summed E-state index contributed by atoms with van der Waals surface area (Å²) in [6.45, 7) is 13.6. The molecule has 4 fully saturated rings. The summed E-state index contributed by atoms with van der Waals surface area (Å²) in [6.07, 6.45) is 2.63. The molecule has 18 heteroatoms. The fraction of sp³-hybridized carbons (Fsp3) is 0.448. The number of pyridine rings is 4. The zero-order valence-electron chi connectivity index (χ0n) is 43.2. The number of anilines is 2. The lowest BCUT2D eigenvalue weighted by atomic mass is 9.92. The second kappa shape index (κ2) is 18.5. The van der Waals surface area contributed by atoms with E-state index in [0.717, 1.165) is 107 Å². The van der Waals surface area contributed by atoms with Gasteiger partial charge in [-0.05, 0) is 136 Å². The molecule has 4 aliphatic carbocycles. The van der Waals surface area contributed by atoms with Gasteiger partial charge in [0.25, 0.3) is 0 Å². The van der Waals surface area contributed by atoms with Crippen molar-refractivity contribution in [2.24, 2.45) is 0 Å². The number of nitrogens with zero attached hydrogens (tertiary/aromatic N) is 8. The lowest BCUT2D eigenvalue weighted by molar-refractivity contribution is -0.137. The molecule has 5 atom stereocenters. The normalized spacial score (nSPS) is 21.5. The SMILES string of the molecule is Cc1cc2nc(c1)-c1c(C(C)C)noc1C1CC1c1cc(nc(-c3c(C(C)C)noc3C3CC3)c1)CC(C)c1noc(C3CC3)c1-c1nc(ccc1F)C1CC1c1onc(c1-c1ccc(C(F)(F)F)cn1)NCCCN2. The third-order valence-corrected chi connectivity index (χ3v) is 15.8. The Hall–Kier alpha value is -7.24. The van der Waals surface area contributed by atoms with Crippen LogP contribution in [-0.2, 0) is 12.6 Å². The number of halogens is 4. The van der Waals surface area contributed by atoms with Crippen LogP contribution in [0.1, 0.15) is 201 Å². The molecule has 9 heterocycles. The van der Waals surface area contributed by atoms with E-state index in [9.17, 15) is 13.2 Å². The number of rotatable bonds is 6. The van der Waals surface area contributed by atoms with Crippen molar-refractivity contribution in [1.29, 1.82) is 0 Å². The highest BCUT2D eigenvalue weighted by Crippen LogP contribution is 2.60. The van der Waals surface area contributed by atoms with Gasteiger partial charge in [-0.25, -0.2) is 14.4 Å². The summed E-state index contributed by atoms with van der Waals surface area (Å²) in [4.78, 5) is 20.0. The van der Waals surface area contributed by atoms with Crippen LogP contribution in [0.25, 0.3) is 45.0 Å². The highest BCUT2D eigenvalue weighted by Gasteiger charge is 2.48. The maximum absolute atomic E-state index is 16.6. The van der Waals surface area contributed by atoms with Crippen molar-refractivity contribution >= 4 is 11.6 Å². The van der Waals surface area contributed by atoms with E-state index in [-0.39, 0.29) is 58.7 Å². The van der Waals surface area contributed by atoms with Crippen LogP contribution in [0.2, 0.25) is 0 Å². The largest absolute Gasteiger partial charge is 0.417 e. The van der Waals surface area contributed by atoms with Gasteiger partial charge in [-0.3, -0.25) is 9.97 Å². The third-order valence-electron chi connectivity index (χ3n) is 15.8. The molecular formula is C58H58F4N10O4. The molecular weight excluding hydrogens is 977 g/mol. The Bertz CT molecular complexity index is 3490. The van der Waals surface area contributed by atoms with Crippen LogP contribution in [-0.4, -0.2) is 53.7 Å². The first kappa shape index (κ1) is 48.4. The minimum Gasteiger partial charge on any atom is -0.370 e. The Morgan fingerprint density at radius 1 is 0.632 bits per heavy atom. The average Bonchev–Trinajstić information content (AvgIpc) is 4.32. The molecule has 0 spiro atoms. The van der Waals surface area contributed by atoms with E-state index >= 15 is 4.39 Å². The standard InChI is InChI=1S/C58H58F4N10O4/c1-26(2)49-45(53(73-69-49)30-8-9-30)43-22-32-21-34(66-43)20-29(6)51-48(54(74-71-51)31-10-11-31)52-39(59)13-15-40(68-52)36-24-38(36)56-47(41-14-12-33(25-65-41)58(60,61)62)57(72-76-56)64-17-7-16-63-44-19-28(5)18-42(67-44)46-50(27(3)4)70-75-55(46)37-23-35(32)37/h12-15,18-19,21-22,25-27,29-31,35-38H,7-11,16-17,20,23-24H2,1-6H3,(H,63,67)(H,64,72). The maximum Gasteiger partial charge on any atom is 0.417 e. The summed E-state index contributed by atoms with van der Waals surface area (Å²) in [5.74, 6) is 3.26. The summed E-state index contributed by atoms with van der Waals surface area (Å²) in [6, 6.07) is 14.0. The molecule has 392 valence electrons. The van der Waals surface area contributed by atoms with Crippen LogP contribution >= 0.6 is 0 Å². The van der Waals surface area contributed by atoms with Crippen LogP contribution in [0, 0.1) is 12.7 Å². The highest BCUT2D eigenvalue weighted by molar-refractivity contribution is 5.76. The molecule has 5 unspecified atom stereocenters. The summed E-state index contributed by atoms with van der Waals surface area (Å²) in [7, 11) is 0. The molecule has 8 bridgehead atoms. The third kappa shape index (κ3) is 8.93. The molecule has 13 rings (SSSR count). The fourth-order valence-corrected chi connectivity index (χ4v) is 11.3. The molecule has 76 heavy (non-hydrogen) atoms. The molecule has 4 saturated carbocycles. The molecule has 0 aromatic carbocycles. The van der Waals surface area contributed by atoms with Gasteiger partial charge in [-0.2, -0.15) is 13.2 Å². The van der Waals surface area contributed by atoms with E-state index in [1.54, 1.807) is 6.07 Å². The molecule has 8 aromatic rings. The molecule has 1 aliphatic heterocycles. The highest BCUT2D eigenvalue weighted by atomic mass is 19.4. The van der Waals surface area contributed by atoms with Gasteiger partial charge in [0.15, 0.2) is 11.6 Å². The lowest BCUT2D eigenvalue weighted by Crippen LogP contribution is -2.11. The zero-order valence-corrected chi connectivity index (χ0v) is 43.2. The number of nitrogens with one attached hydrogen (secondary N) is 2. The van der Waals surface area contributed by atoms with Gasteiger partial charge in [-0.15, -0.1) is 0 Å². The van der Waals surface area contributed by atoms with Gasteiger partial charge in [0, 0.05) is 66.2 Å². The van der Waals surface area contributed by atoms with Gasteiger partial charge < -0.3 is 28.7 Å². The molecule has 0 amide bonds. The first-order chi connectivity index (χ1) is 36.7. The molecule has 8 aromatic heterocycles. The number of fused-ring (bicyclic) bond motifs is 18. The second-order valence-corrected chi connectivity index (χ2v) is 22.4. The molecule has 14 nitrogen and oxygen atoms in total.